The summed E-state index contributed by atoms with van der Waals surface area (Å²) in [5, 5.41) is 4.48. The van der Waals surface area contributed by atoms with E-state index in [-0.39, 0.29) is 11.5 Å². The summed E-state index contributed by atoms with van der Waals surface area (Å²) in [4.78, 5) is 21.1. The van der Waals surface area contributed by atoms with Crippen molar-refractivity contribution < 1.29 is 18.0 Å². The van der Waals surface area contributed by atoms with Gasteiger partial charge in [0.05, 0.1) is 23.6 Å². The largest absolute Gasteiger partial charge is 0.352 e. The Hall–Kier alpha value is -1.51. The van der Waals surface area contributed by atoms with Gasteiger partial charge in [-0.2, -0.15) is 0 Å². The van der Waals surface area contributed by atoms with Gasteiger partial charge in [0.25, 0.3) is 0 Å². The van der Waals surface area contributed by atoms with E-state index in [2.05, 4.69) is 10.6 Å². The van der Waals surface area contributed by atoms with Gasteiger partial charge in [0.2, 0.25) is 0 Å². The van der Waals surface area contributed by atoms with Gasteiger partial charge in [-0.25, -0.2) is 18.0 Å². The van der Waals surface area contributed by atoms with Crippen LogP contribution in [0.1, 0.15) is 0 Å². The fourth-order valence-electron chi connectivity index (χ4n) is 1.50. The molecule has 86 valence electrons. The normalized spacial score (nSPS) is 28.3. The number of carbonyl (C=O) groups excluding carboxylic acids is 2. The lowest BCUT2D eigenvalue weighted by molar-refractivity contribution is 0.237. The Morgan fingerprint density at radius 1 is 1.00 bits per heavy atom. The lowest BCUT2D eigenvalue weighted by Gasteiger charge is -2.18. The van der Waals surface area contributed by atoms with E-state index in [1.165, 1.54) is 0 Å². The molecule has 0 saturated carbocycles. The number of sulfone groups is 1. The number of hydrogen-bond donors (Lipinski definition) is 4. The molecule has 1 saturated heterocycles. The zero-order valence-corrected chi connectivity index (χ0v) is 8.58. The first kappa shape index (κ1) is 11.6. The number of amides is 4. The lowest BCUT2D eigenvalue weighted by Crippen LogP contribution is -2.53. The molecule has 4 amide bonds. The number of nitrogens with two attached hydrogens (primary N) is 2. The minimum Gasteiger partial charge on any atom is -0.352 e. The predicted octanol–water partition coefficient (Wildman–Crippen LogP) is -2.51. The standard InChI is InChI=1S/C6H12N4O4S/c7-5(11)9-3-1-15(13,14)2-4(3)10-6(8)12/h3-4H,1-2H2,(H3,7,9,11)(H3,8,10,12)/t3-,4-/m1/s1. The fourth-order valence-corrected chi connectivity index (χ4v) is 3.36. The van der Waals surface area contributed by atoms with Gasteiger partial charge in [0.1, 0.15) is 0 Å². The zero-order chi connectivity index (χ0) is 11.6. The van der Waals surface area contributed by atoms with Crippen LogP contribution >= 0.6 is 0 Å². The highest BCUT2D eigenvalue weighted by molar-refractivity contribution is 7.91. The highest BCUT2D eigenvalue weighted by Crippen LogP contribution is 2.12. The van der Waals surface area contributed by atoms with E-state index in [0.29, 0.717) is 0 Å². The molecule has 0 unspecified atom stereocenters. The Kier molecular flexibility index (Phi) is 3.03. The van der Waals surface area contributed by atoms with E-state index in [9.17, 15) is 18.0 Å². The summed E-state index contributed by atoms with van der Waals surface area (Å²) >= 11 is 0. The molecule has 0 aromatic carbocycles. The first-order valence-electron chi connectivity index (χ1n) is 4.12. The monoisotopic (exact) mass is 236 g/mol. The molecule has 1 aliphatic rings. The summed E-state index contributed by atoms with van der Waals surface area (Å²) in [6.45, 7) is 0. The molecule has 15 heavy (non-hydrogen) atoms. The second-order valence-electron chi connectivity index (χ2n) is 3.31. The van der Waals surface area contributed by atoms with Gasteiger partial charge >= 0.3 is 12.1 Å². The van der Waals surface area contributed by atoms with Crippen molar-refractivity contribution in [1.82, 2.24) is 10.6 Å². The van der Waals surface area contributed by atoms with E-state index >= 15 is 0 Å². The second kappa shape index (κ2) is 3.93. The van der Waals surface area contributed by atoms with Crippen LogP contribution < -0.4 is 22.1 Å². The highest BCUT2D eigenvalue weighted by atomic mass is 32.2. The van der Waals surface area contributed by atoms with Crippen LogP contribution in [0.2, 0.25) is 0 Å². The molecular weight excluding hydrogens is 224 g/mol. The van der Waals surface area contributed by atoms with Gasteiger partial charge in [-0.3, -0.25) is 0 Å². The summed E-state index contributed by atoms with van der Waals surface area (Å²) in [6, 6.07) is -3.12. The number of rotatable bonds is 2. The van der Waals surface area contributed by atoms with Crippen molar-refractivity contribution in [3.8, 4) is 0 Å². The van der Waals surface area contributed by atoms with E-state index in [1.807, 2.05) is 0 Å². The van der Waals surface area contributed by atoms with Crippen LogP contribution in [0.25, 0.3) is 0 Å². The number of nitrogens with one attached hydrogen (secondary N) is 2. The summed E-state index contributed by atoms with van der Waals surface area (Å²) < 4.78 is 22.5. The molecular formula is C6H12N4O4S. The van der Waals surface area contributed by atoms with Crippen LogP contribution in [0.15, 0.2) is 0 Å². The van der Waals surface area contributed by atoms with Crippen LogP contribution in [0.3, 0.4) is 0 Å². The molecule has 0 aromatic rings. The minimum absolute atomic E-state index is 0.249. The van der Waals surface area contributed by atoms with Gasteiger partial charge in [0.15, 0.2) is 9.84 Å². The smallest absolute Gasteiger partial charge is 0.312 e. The van der Waals surface area contributed by atoms with E-state index < -0.39 is 34.0 Å². The third-order valence-corrected chi connectivity index (χ3v) is 3.74. The Balaban J connectivity index is 2.74. The summed E-state index contributed by atoms with van der Waals surface area (Å²) in [5.74, 6) is -0.498. The molecule has 6 N–H and O–H groups in total. The molecule has 1 fully saturated rings. The molecule has 1 heterocycles. The van der Waals surface area contributed by atoms with Crippen LogP contribution in [0.4, 0.5) is 9.59 Å². The highest BCUT2D eigenvalue weighted by Gasteiger charge is 2.38. The summed E-state index contributed by atoms with van der Waals surface area (Å²) in [7, 11) is -3.28. The number of primary amides is 2. The summed E-state index contributed by atoms with van der Waals surface area (Å²) in [6.07, 6.45) is 0. The van der Waals surface area contributed by atoms with Crippen LogP contribution in [-0.4, -0.2) is 44.1 Å². The van der Waals surface area contributed by atoms with Crippen LogP contribution in [0.5, 0.6) is 0 Å². The average Bonchev–Trinajstić information content (AvgIpc) is 2.22. The van der Waals surface area contributed by atoms with Gasteiger partial charge in [0, 0.05) is 0 Å². The molecule has 0 aliphatic carbocycles. The molecule has 0 spiro atoms. The quantitative estimate of drug-likeness (QED) is 0.419. The first-order chi connectivity index (χ1) is 6.80. The van der Waals surface area contributed by atoms with Crippen molar-refractivity contribution >= 4 is 21.9 Å². The van der Waals surface area contributed by atoms with E-state index in [1.54, 1.807) is 0 Å². The molecule has 0 radical (unpaired) electrons. The van der Waals surface area contributed by atoms with Crippen molar-refractivity contribution in [2.45, 2.75) is 12.1 Å². The Morgan fingerprint density at radius 3 is 1.60 bits per heavy atom. The van der Waals surface area contributed by atoms with Crippen molar-refractivity contribution in [3.63, 3.8) is 0 Å². The lowest BCUT2D eigenvalue weighted by atomic mass is 10.2. The van der Waals surface area contributed by atoms with Crippen LogP contribution in [-0.2, 0) is 9.84 Å². The molecule has 1 rings (SSSR count). The topological polar surface area (TPSA) is 144 Å². The molecule has 2 atom stereocenters. The Labute approximate surface area is 86.3 Å². The molecule has 0 aromatic heterocycles. The molecule has 0 bridgehead atoms. The van der Waals surface area contributed by atoms with E-state index in [0.717, 1.165) is 0 Å². The first-order valence-corrected chi connectivity index (χ1v) is 5.94. The third-order valence-electron chi connectivity index (χ3n) is 2.01. The molecule has 9 heteroatoms. The zero-order valence-electron chi connectivity index (χ0n) is 7.76. The van der Waals surface area contributed by atoms with Gasteiger partial charge < -0.3 is 22.1 Å². The van der Waals surface area contributed by atoms with Crippen LogP contribution in [0, 0.1) is 0 Å². The maximum Gasteiger partial charge on any atom is 0.312 e. The fraction of sp³-hybridized carbons (Fsp3) is 0.667. The number of urea groups is 2. The predicted molar refractivity (Wildman–Crippen MR) is 51.7 cm³/mol. The van der Waals surface area contributed by atoms with Crippen molar-refractivity contribution in [2.24, 2.45) is 11.5 Å². The minimum atomic E-state index is -3.28. The number of hydrogen-bond acceptors (Lipinski definition) is 4. The Bertz CT molecular complexity index is 349. The maximum atomic E-state index is 11.2. The maximum absolute atomic E-state index is 11.2. The van der Waals surface area contributed by atoms with Gasteiger partial charge in [-0.15, -0.1) is 0 Å². The van der Waals surface area contributed by atoms with Gasteiger partial charge in [-0.05, 0) is 0 Å². The number of carbonyl (C=O) groups is 2. The SMILES string of the molecule is NC(=O)N[C@@H]1CS(=O)(=O)C[C@H]1NC(N)=O. The van der Waals surface area contributed by atoms with Crippen molar-refractivity contribution in [2.75, 3.05) is 11.5 Å². The second-order valence-corrected chi connectivity index (χ2v) is 5.46. The Morgan fingerprint density at radius 2 is 1.33 bits per heavy atom. The molecule has 1 aliphatic heterocycles. The van der Waals surface area contributed by atoms with E-state index in [4.69, 9.17) is 11.5 Å². The molecule has 8 nitrogen and oxygen atoms in total. The van der Waals surface area contributed by atoms with Gasteiger partial charge in [-0.1, -0.05) is 0 Å². The van der Waals surface area contributed by atoms with Crippen molar-refractivity contribution in [1.29, 1.82) is 0 Å². The van der Waals surface area contributed by atoms with Crippen molar-refractivity contribution in [3.05, 3.63) is 0 Å². The third kappa shape index (κ3) is 3.27. The summed E-state index contributed by atoms with van der Waals surface area (Å²) in [5.41, 5.74) is 9.73. The average molecular weight is 236 g/mol.